The van der Waals surface area contributed by atoms with Gasteiger partial charge in [-0.2, -0.15) is 0 Å². The first-order chi connectivity index (χ1) is 7.13. The summed E-state index contributed by atoms with van der Waals surface area (Å²) in [6.07, 6.45) is 1.68. The van der Waals surface area contributed by atoms with Crippen molar-refractivity contribution in [3.8, 4) is 0 Å². The second-order valence-corrected chi connectivity index (χ2v) is 3.89. The number of nitrogens with zero attached hydrogens (tertiary/aromatic N) is 1. The van der Waals surface area contributed by atoms with Crippen molar-refractivity contribution in [3.63, 3.8) is 0 Å². The van der Waals surface area contributed by atoms with Gasteiger partial charge in [-0.15, -0.1) is 0 Å². The van der Waals surface area contributed by atoms with Crippen molar-refractivity contribution in [2.24, 2.45) is 5.73 Å². The monoisotopic (exact) mass is 202 g/mol. The predicted molar refractivity (Wildman–Crippen MR) is 60.4 cm³/mol. The van der Waals surface area contributed by atoms with Crippen molar-refractivity contribution in [2.75, 3.05) is 6.54 Å². The molecular weight excluding hydrogens is 188 g/mol. The van der Waals surface area contributed by atoms with E-state index < -0.39 is 5.60 Å². The van der Waals surface area contributed by atoms with Crippen LogP contribution in [0.3, 0.4) is 0 Å². The summed E-state index contributed by atoms with van der Waals surface area (Å²) in [5.74, 6) is 0. The Balaban J connectivity index is 2.56. The molecule has 15 heavy (non-hydrogen) atoms. The van der Waals surface area contributed by atoms with Crippen LogP contribution in [0, 0.1) is 0 Å². The summed E-state index contributed by atoms with van der Waals surface area (Å²) in [5, 5.41) is 11.0. The molecule has 0 spiro atoms. The van der Waals surface area contributed by atoms with Gasteiger partial charge in [-0.3, -0.25) is 4.98 Å². The van der Waals surface area contributed by atoms with E-state index in [1.807, 2.05) is 30.3 Å². The van der Waals surface area contributed by atoms with E-state index in [1.165, 1.54) is 0 Å². The molecule has 0 aliphatic heterocycles. The third-order valence-electron chi connectivity index (χ3n) is 2.61. The molecule has 3 heteroatoms. The maximum atomic E-state index is 9.99. The average Bonchev–Trinajstić information content (AvgIpc) is 2.28. The topological polar surface area (TPSA) is 59.1 Å². The molecule has 2 rings (SSSR count). The van der Waals surface area contributed by atoms with Gasteiger partial charge in [-0.05, 0) is 19.1 Å². The zero-order chi connectivity index (χ0) is 10.9. The lowest BCUT2D eigenvalue weighted by Gasteiger charge is -2.21. The van der Waals surface area contributed by atoms with Crippen molar-refractivity contribution < 1.29 is 5.11 Å². The van der Waals surface area contributed by atoms with Gasteiger partial charge < -0.3 is 10.8 Å². The van der Waals surface area contributed by atoms with Crippen LogP contribution in [0.4, 0.5) is 0 Å². The highest BCUT2D eigenvalue weighted by Crippen LogP contribution is 2.21. The highest BCUT2D eigenvalue weighted by atomic mass is 16.3. The Labute approximate surface area is 88.6 Å². The summed E-state index contributed by atoms with van der Waals surface area (Å²) >= 11 is 0. The van der Waals surface area contributed by atoms with Crippen molar-refractivity contribution in [3.05, 3.63) is 42.1 Å². The van der Waals surface area contributed by atoms with E-state index in [-0.39, 0.29) is 6.54 Å². The Morgan fingerprint density at radius 2 is 2.13 bits per heavy atom. The second kappa shape index (κ2) is 3.61. The molecule has 0 aliphatic rings. The van der Waals surface area contributed by atoms with Gasteiger partial charge in [0.1, 0.15) is 5.60 Å². The molecule has 1 heterocycles. The number of rotatable bonds is 2. The summed E-state index contributed by atoms with van der Waals surface area (Å²) in [4.78, 5) is 4.28. The maximum absolute atomic E-state index is 9.99. The van der Waals surface area contributed by atoms with Crippen LogP contribution in [-0.2, 0) is 5.60 Å². The van der Waals surface area contributed by atoms with E-state index in [0.717, 1.165) is 16.5 Å². The number of pyridine rings is 1. The number of benzene rings is 1. The summed E-state index contributed by atoms with van der Waals surface area (Å²) in [6.45, 7) is 1.88. The van der Waals surface area contributed by atoms with Crippen molar-refractivity contribution in [1.82, 2.24) is 4.98 Å². The SMILES string of the molecule is CC(O)(CN)c1cnc2ccccc2c1. The van der Waals surface area contributed by atoms with E-state index in [1.54, 1.807) is 13.1 Å². The van der Waals surface area contributed by atoms with Gasteiger partial charge in [0.05, 0.1) is 5.52 Å². The molecule has 0 bridgehead atoms. The fraction of sp³-hybridized carbons (Fsp3) is 0.250. The number of aliphatic hydroxyl groups is 1. The summed E-state index contributed by atoms with van der Waals surface area (Å²) in [6, 6.07) is 9.73. The van der Waals surface area contributed by atoms with Crippen LogP contribution >= 0.6 is 0 Å². The quantitative estimate of drug-likeness (QED) is 0.774. The maximum Gasteiger partial charge on any atom is 0.100 e. The van der Waals surface area contributed by atoms with Crippen molar-refractivity contribution >= 4 is 10.9 Å². The number of hydrogen-bond acceptors (Lipinski definition) is 3. The van der Waals surface area contributed by atoms with Crippen LogP contribution < -0.4 is 5.73 Å². The smallest absolute Gasteiger partial charge is 0.100 e. The largest absolute Gasteiger partial charge is 0.384 e. The van der Waals surface area contributed by atoms with E-state index >= 15 is 0 Å². The Hall–Kier alpha value is -1.45. The summed E-state index contributed by atoms with van der Waals surface area (Å²) in [7, 11) is 0. The molecule has 0 amide bonds. The Kier molecular flexibility index (Phi) is 2.42. The first-order valence-electron chi connectivity index (χ1n) is 4.91. The van der Waals surface area contributed by atoms with E-state index in [4.69, 9.17) is 5.73 Å². The fourth-order valence-corrected chi connectivity index (χ4v) is 1.48. The molecule has 0 aliphatic carbocycles. The number of nitrogens with two attached hydrogens (primary N) is 1. The van der Waals surface area contributed by atoms with E-state index in [2.05, 4.69) is 4.98 Å². The van der Waals surface area contributed by atoms with Gasteiger partial charge in [0.2, 0.25) is 0 Å². The standard InChI is InChI=1S/C12H14N2O/c1-12(15,8-13)10-6-9-4-2-3-5-11(9)14-7-10/h2-7,15H,8,13H2,1H3. The third-order valence-corrected chi connectivity index (χ3v) is 2.61. The Morgan fingerprint density at radius 1 is 1.40 bits per heavy atom. The minimum absolute atomic E-state index is 0.188. The molecule has 0 fully saturated rings. The number of fused-ring (bicyclic) bond motifs is 1. The lowest BCUT2D eigenvalue weighted by atomic mass is 9.97. The van der Waals surface area contributed by atoms with Crippen molar-refractivity contribution in [2.45, 2.75) is 12.5 Å². The van der Waals surface area contributed by atoms with Crippen LogP contribution in [-0.4, -0.2) is 16.6 Å². The molecule has 3 N–H and O–H groups in total. The second-order valence-electron chi connectivity index (χ2n) is 3.89. The average molecular weight is 202 g/mol. The van der Waals surface area contributed by atoms with Crippen LogP contribution in [0.1, 0.15) is 12.5 Å². The first-order valence-corrected chi connectivity index (χ1v) is 4.91. The molecule has 1 aromatic heterocycles. The van der Waals surface area contributed by atoms with Gasteiger partial charge >= 0.3 is 0 Å². The van der Waals surface area contributed by atoms with Crippen LogP contribution in [0.15, 0.2) is 36.5 Å². The minimum Gasteiger partial charge on any atom is -0.384 e. The van der Waals surface area contributed by atoms with Crippen LogP contribution in [0.2, 0.25) is 0 Å². The Morgan fingerprint density at radius 3 is 2.87 bits per heavy atom. The minimum atomic E-state index is -1.00. The molecule has 1 unspecified atom stereocenters. The van der Waals surface area contributed by atoms with Gasteiger partial charge in [0, 0.05) is 23.7 Å². The van der Waals surface area contributed by atoms with Gasteiger partial charge in [0.15, 0.2) is 0 Å². The lowest BCUT2D eigenvalue weighted by molar-refractivity contribution is 0.0666. The molecule has 2 aromatic rings. The molecule has 78 valence electrons. The summed E-state index contributed by atoms with van der Waals surface area (Å²) < 4.78 is 0. The predicted octanol–water partition coefficient (Wildman–Crippen LogP) is 1.40. The molecule has 0 saturated heterocycles. The normalized spacial score (nSPS) is 15.1. The zero-order valence-corrected chi connectivity index (χ0v) is 8.64. The first kappa shape index (κ1) is 10.1. The molecule has 0 radical (unpaired) electrons. The number of para-hydroxylation sites is 1. The van der Waals surface area contributed by atoms with Crippen molar-refractivity contribution in [1.29, 1.82) is 0 Å². The highest BCUT2D eigenvalue weighted by Gasteiger charge is 2.21. The molecular formula is C12H14N2O. The zero-order valence-electron chi connectivity index (χ0n) is 8.64. The highest BCUT2D eigenvalue weighted by molar-refractivity contribution is 5.78. The molecule has 3 nitrogen and oxygen atoms in total. The van der Waals surface area contributed by atoms with Gasteiger partial charge in [-0.1, -0.05) is 18.2 Å². The van der Waals surface area contributed by atoms with Crippen LogP contribution in [0.5, 0.6) is 0 Å². The van der Waals surface area contributed by atoms with Crippen LogP contribution in [0.25, 0.3) is 10.9 Å². The molecule has 0 saturated carbocycles. The van der Waals surface area contributed by atoms with E-state index in [0.29, 0.717) is 0 Å². The Bertz CT molecular complexity index is 480. The summed E-state index contributed by atoms with van der Waals surface area (Å²) in [5.41, 5.74) is 6.18. The number of aromatic nitrogens is 1. The van der Waals surface area contributed by atoms with Gasteiger partial charge in [-0.25, -0.2) is 0 Å². The van der Waals surface area contributed by atoms with Gasteiger partial charge in [0.25, 0.3) is 0 Å². The lowest BCUT2D eigenvalue weighted by Crippen LogP contribution is -2.31. The molecule has 1 aromatic carbocycles. The number of hydrogen-bond donors (Lipinski definition) is 2. The fourth-order valence-electron chi connectivity index (χ4n) is 1.48. The van der Waals surface area contributed by atoms with E-state index in [9.17, 15) is 5.11 Å². The molecule has 1 atom stereocenters. The third kappa shape index (κ3) is 1.84.